The van der Waals surface area contributed by atoms with Gasteiger partial charge in [0.2, 0.25) is 0 Å². The predicted octanol–water partition coefficient (Wildman–Crippen LogP) is 4.51. The summed E-state index contributed by atoms with van der Waals surface area (Å²) >= 11 is 6.29. The van der Waals surface area contributed by atoms with Crippen LogP contribution >= 0.6 is 11.6 Å². The normalized spacial score (nSPS) is 10.4. The maximum Gasteiger partial charge on any atom is 0.0980 e. The third-order valence-corrected chi connectivity index (χ3v) is 3.60. The molecule has 0 saturated carbocycles. The average molecular weight is 296 g/mol. The van der Waals surface area contributed by atoms with E-state index < -0.39 is 0 Å². The fourth-order valence-electron chi connectivity index (χ4n) is 2.19. The van der Waals surface area contributed by atoms with Crippen LogP contribution in [0.15, 0.2) is 60.9 Å². The molecular weight excluding hydrogens is 282 g/mol. The van der Waals surface area contributed by atoms with Gasteiger partial charge >= 0.3 is 0 Å². The first-order valence-corrected chi connectivity index (χ1v) is 7.01. The standard InChI is InChI=1S/C17H14ClN3/c1-19-13-8-6-12(7-9-13)16-17(21-11-10-20-16)14-4-2-3-5-15(14)18/h2-11,19H,1H3. The zero-order valence-corrected chi connectivity index (χ0v) is 12.3. The molecule has 21 heavy (non-hydrogen) atoms. The minimum Gasteiger partial charge on any atom is -0.388 e. The van der Waals surface area contributed by atoms with Crippen LogP contribution < -0.4 is 5.32 Å². The second-order valence-electron chi connectivity index (χ2n) is 4.56. The lowest BCUT2D eigenvalue weighted by Gasteiger charge is -2.09. The summed E-state index contributed by atoms with van der Waals surface area (Å²) in [5, 5.41) is 3.78. The quantitative estimate of drug-likeness (QED) is 0.773. The number of nitrogens with one attached hydrogen (secondary N) is 1. The van der Waals surface area contributed by atoms with Crippen LogP contribution in [-0.4, -0.2) is 17.0 Å². The lowest BCUT2D eigenvalue weighted by Crippen LogP contribution is -1.93. The zero-order chi connectivity index (χ0) is 14.7. The molecule has 3 rings (SSSR count). The van der Waals surface area contributed by atoms with Crippen molar-refractivity contribution < 1.29 is 0 Å². The minimum atomic E-state index is 0.672. The Balaban J connectivity index is 2.13. The van der Waals surface area contributed by atoms with Crippen LogP contribution in [0.5, 0.6) is 0 Å². The fraction of sp³-hybridized carbons (Fsp3) is 0.0588. The number of halogens is 1. The Labute approximate surface area is 128 Å². The first kappa shape index (κ1) is 13.6. The molecule has 0 radical (unpaired) electrons. The van der Waals surface area contributed by atoms with Gasteiger partial charge in [0.15, 0.2) is 0 Å². The molecule has 0 bridgehead atoms. The largest absolute Gasteiger partial charge is 0.388 e. The summed E-state index contributed by atoms with van der Waals surface area (Å²) in [5.41, 5.74) is 4.58. The third kappa shape index (κ3) is 2.73. The summed E-state index contributed by atoms with van der Waals surface area (Å²) in [6, 6.07) is 15.7. The van der Waals surface area contributed by atoms with Crippen molar-refractivity contribution in [3.8, 4) is 22.5 Å². The Morgan fingerprint density at radius 2 is 1.52 bits per heavy atom. The highest BCUT2D eigenvalue weighted by Crippen LogP contribution is 2.32. The Hall–Kier alpha value is -2.39. The molecule has 0 saturated heterocycles. The molecule has 0 fully saturated rings. The van der Waals surface area contributed by atoms with Gasteiger partial charge in [-0.25, -0.2) is 0 Å². The molecule has 3 nitrogen and oxygen atoms in total. The lowest BCUT2D eigenvalue weighted by molar-refractivity contribution is 1.21. The molecule has 4 heteroatoms. The highest BCUT2D eigenvalue weighted by Gasteiger charge is 2.12. The van der Waals surface area contributed by atoms with Gasteiger partial charge in [0, 0.05) is 36.3 Å². The first-order valence-electron chi connectivity index (χ1n) is 6.63. The Kier molecular flexibility index (Phi) is 3.84. The van der Waals surface area contributed by atoms with Crippen molar-refractivity contribution in [1.82, 2.24) is 9.97 Å². The maximum absolute atomic E-state index is 6.29. The highest BCUT2D eigenvalue weighted by molar-refractivity contribution is 6.33. The molecule has 104 valence electrons. The topological polar surface area (TPSA) is 37.8 Å². The van der Waals surface area contributed by atoms with Crippen molar-refractivity contribution in [2.45, 2.75) is 0 Å². The number of hydrogen-bond acceptors (Lipinski definition) is 3. The third-order valence-electron chi connectivity index (χ3n) is 3.27. The van der Waals surface area contributed by atoms with Gasteiger partial charge in [0.25, 0.3) is 0 Å². The summed E-state index contributed by atoms with van der Waals surface area (Å²) in [7, 11) is 1.90. The molecule has 0 aliphatic heterocycles. The van der Waals surface area contributed by atoms with Crippen LogP contribution in [0, 0.1) is 0 Å². The van der Waals surface area contributed by atoms with Gasteiger partial charge in [-0.1, -0.05) is 41.9 Å². The van der Waals surface area contributed by atoms with E-state index in [1.54, 1.807) is 12.4 Å². The molecular formula is C17H14ClN3. The van der Waals surface area contributed by atoms with Crippen LogP contribution in [0.4, 0.5) is 5.69 Å². The van der Waals surface area contributed by atoms with E-state index in [1.165, 1.54) is 0 Å². The number of hydrogen-bond donors (Lipinski definition) is 1. The van der Waals surface area contributed by atoms with E-state index in [0.29, 0.717) is 5.02 Å². The van der Waals surface area contributed by atoms with Gasteiger partial charge in [0.05, 0.1) is 16.4 Å². The molecule has 0 aliphatic carbocycles. The molecule has 2 aromatic carbocycles. The Morgan fingerprint density at radius 3 is 2.19 bits per heavy atom. The smallest absolute Gasteiger partial charge is 0.0980 e. The van der Waals surface area contributed by atoms with Crippen molar-refractivity contribution in [1.29, 1.82) is 0 Å². The molecule has 0 aliphatic rings. The number of nitrogens with zero attached hydrogens (tertiary/aromatic N) is 2. The van der Waals surface area contributed by atoms with Gasteiger partial charge in [-0.2, -0.15) is 0 Å². The molecule has 1 N–H and O–H groups in total. The molecule has 3 aromatic rings. The molecule has 0 atom stereocenters. The second-order valence-corrected chi connectivity index (χ2v) is 4.97. The van der Waals surface area contributed by atoms with E-state index in [0.717, 1.165) is 28.2 Å². The fourth-order valence-corrected chi connectivity index (χ4v) is 2.42. The van der Waals surface area contributed by atoms with Crippen molar-refractivity contribution in [2.75, 3.05) is 12.4 Å². The van der Waals surface area contributed by atoms with Gasteiger partial charge in [-0.05, 0) is 18.2 Å². The van der Waals surface area contributed by atoms with E-state index in [4.69, 9.17) is 11.6 Å². The van der Waals surface area contributed by atoms with Crippen LogP contribution in [0.25, 0.3) is 22.5 Å². The van der Waals surface area contributed by atoms with Crippen LogP contribution in [0.2, 0.25) is 5.02 Å². The Bertz CT molecular complexity index is 754. The van der Waals surface area contributed by atoms with Gasteiger partial charge < -0.3 is 5.32 Å². The second kappa shape index (κ2) is 5.94. The van der Waals surface area contributed by atoms with E-state index in [-0.39, 0.29) is 0 Å². The minimum absolute atomic E-state index is 0.672. The summed E-state index contributed by atoms with van der Waals surface area (Å²) in [5.74, 6) is 0. The molecule has 0 amide bonds. The van der Waals surface area contributed by atoms with Crippen LogP contribution in [-0.2, 0) is 0 Å². The lowest BCUT2D eigenvalue weighted by atomic mass is 10.0. The van der Waals surface area contributed by atoms with Gasteiger partial charge in [-0.15, -0.1) is 0 Å². The number of rotatable bonds is 3. The van der Waals surface area contributed by atoms with E-state index in [9.17, 15) is 0 Å². The van der Waals surface area contributed by atoms with Crippen molar-refractivity contribution in [2.24, 2.45) is 0 Å². The van der Waals surface area contributed by atoms with Crippen molar-refractivity contribution in [3.05, 3.63) is 65.9 Å². The molecule has 0 spiro atoms. The van der Waals surface area contributed by atoms with Crippen molar-refractivity contribution >= 4 is 17.3 Å². The first-order chi connectivity index (χ1) is 10.3. The summed E-state index contributed by atoms with van der Waals surface area (Å²) in [4.78, 5) is 8.95. The number of anilines is 1. The highest BCUT2D eigenvalue weighted by atomic mass is 35.5. The Morgan fingerprint density at radius 1 is 0.857 bits per heavy atom. The molecule has 1 aromatic heterocycles. The summed E-state index contributed by atoms with van der Waals surface area (Å²) in [6.45, 7) is 0. The van der Waals surface area contributed by atoms with Gasteiger partial charge in [0.1, 0.15) is 0 Å². The number of benzene rings is 2. The van der Waals surface area contributed by atoms with E-state index >= 15 is 0 Å². The number of aromatic nitrogens is 2. The monoisotopic (exact) mass is 295 g/mol. The van der Waals surface area contributed by atoms with Crippen LogP contribution in [0.1, 0.15) is 0 Å². The molecule has 1 heterocycles. The van der Waals surface area contributed by atoms with Crippen molar-refractivity contribution in [3.63, 3.8) is 0 Å². The maximum atomic E-state index is 6.29. The van der Waals surface area contributed by atoms with E-state index in [1.807, 2.05) is 55.6 Å². The molecule has 0 unspecified atom stereocenters. The van der Waals surface area contributed by atoms with E-state index in [2.05, 4.69) is 15.3 Å². The summed E-state index contributed by atoms with van der Waals surface area (Å²) < 4.78 is 0. The SMILES string of the molecule is CNc1ccc(-c2nccnc2-c2ccccc2Cl)cc1. The predicted molar refractivity (Wildman–Crippen MR) is 87.5 cm³/mol. The zero-order valence-electron chi connectivity index (χ0n) is 11.5. The summed E-state index contributed by atoms with van der Waals surface area (Å²) in [6.07, 6.45) is 3.38. The average Bonchev–Trinajstić information content (AvgIpc) is 2.55. The van der Waals surface area contributed by atoms with Crippen LogP contribution in [0.3, 0.4) is 0 Å². The van der Waals surface area contributed by atoms with Gasteiger partial charge in [-0.3, -0.25) is 9.97 Å².